The molecule has 1 aliphatic rings. The van der Waals surface area contributed by atoms with Gasteiger partial charge in [-0.15, -0.1) is 23.2 Å². The molecule has 0 spiro atoms. The molecular formula is C9H19Cl2NO4. The highest BCUT2D eigenvalue weighted by Crippen LogP contribution is 1.98. The van der Waals surface area contributed by atoms with Crippen LogP contribution < -0.4 is 0 Å². The summed E-state index contributed by atoms with van der Waals surface area (Å²) in [4.78, 5) is 9.00. The second-order valence-electron chi connectivity index (χ2n) is 2.16. The van der Waals surface area contributed by atoms with Gasteiger partial charge in [0.1, 0.15) is 0 Å². The first-order valence-electron chi connectivity index (χ1n) is 4.26. The number of rotatable bonds is 0. The minimum absolute atomic E-state index is 0. The Labute approximate surface area is 106 Å². The Bertz CT molecular complexity index is 146. The zero-order chi connectivity index (χ0) is 12.5. The molecule has 1 aliphatic heterocycles. The number of alkyl halides is 2. The van der Waals surface area contributed by atoms with Crippen LogP contribution in [0, 0.1) is 11.3 Å². The fourth-order valence-corrected chi connectivity index (χ4v) is 0.510. The topological polar surface area (TPSA) is 102 Å². The van der Waals surface area contributed by atoms with Crippen molar-refractivity contribution < 1.29 is 20.1 Å². The van der Waals surface area contributed by atoms with E-state index in [9.17, 15) is 0 Å². The lowest BCUT2D eigenvalue weighted by Gasteiger charge is -1.76. The molecule has 0 bridgehead atoms. The number of carboxylic acid groups (broad SMARTS) is 1. The summed E-state index contributed by atoms with van der Waals surface area (Å²) in [7, 11) is 0. The van der Waals surface area contributed by atoms with Crippen molar-refractivity contribution >= 4 is 29.2 Å². The van der Waals surface area contributed by atoms with Crippen molar-refractivity contribution in [3.05, 3.63) is 0 Å². The first-order valence-corrected chi connectivity index (χ1v) is 5.33. The second-order valence-corrected chi connectivity index (χ2v) is 2.97. The molecule has 1 heterocycles. The highest BCUT2D eigenvalue weighted by molar-refractivity contribution is 6.40. The highest BCUT2D eigenvalue weighted by atomic mass is 35.5. The summed E-state index contributed by atoms with van der Waals surface area (Å²) in [5.41, 5.74) is 0. The summed E-state index contributed by atoms with van der Waals surface area (Å²) in [6.07, 6.45) is 2.56. The predicted octanol–water partition coefficient (Wildman–Crippen LogP) is 2.01. The van der Waals surface area contributed by atoms with Gasteiger partial charge in [-0.1, -0.05) is 0 Å². The van der Waals surface area contributed by atoms with Gasteiger partial charge in [-0.05, 0) is 12.8 Å². The van der Waals surface area contributed by atoms with Crippen molar-refractivity contribution in [2.75, 3.05) is 18.6 Å². The molecule has 5 nitrogen and oxygen atoms in total. The molecule has 98 valence electrons. The van der Waals surface area contributed by atoms with E-state index in [-0.39, 0.29) is 10.8 Å². The van der Waals surface area contributed by atoms with Gasteiger partial charge in [-0.25, -0.2) is 0 Å². The zero-order valence-corrected chi connectivity index (χ0v) is 11.0. The third-order valence-corrected chi connectivity index (χ3v) is 0.827. The second kappa shape index (κ2) is 29.3. The Balaban J connectivity index is -0.0000000607. The molecule has 0 aromatic carbocycles. The molecule has 3 N–H and O–H groups in total. The van der Waals surface area contributed by atoms with Crippen LogP contribution in [-0.2, 0) is 9.53 Å². The lowest BCUT2D eigenvalue weighted by molar-refractivity contribution is -0.134. The molecule has 1 saturated heterocycles. The monoisotopic (exact) mass is 275 g/mol. The summed E-state index contributed by atoms with van der Waals surface area (Å²) in [5.74, 6) is -0.833. The Morgan fingerprint density at radius 2 is 1.62 bits per heavy atom. The minimum atomic E-state index is -0.833. The molecule has 0 aromatic rings. The Hall–Kier alpha value is -0.540. The van der Waals surface area contributed by atoms with Crippen LogP contribution in [0.15, 0.2) is 0 Å². The standard InChI is InChI=1S/C4H8O.C2H3N.C2H4O2.CH2Cl2.H2O/c1-2-4-5-3-1;1-2-3;1-2(3)4;2-1-3;/h1-4H2;1H3;1H3,(H,3,4);1H2;1H2. The van der Waals surface area contributed by atoms with Crippen molar-refractivity contribution in [1.29, 1.82) is 5.26 Å². The zero-order valence-electron chi connectivity index (χ0n) is 9.50. The minimum Gasteiger partial charge on any atom is -0.481 e. The van der Waals surface area contributed by atoms with Gasteiger partial charge in [-0.3, -0.25) is 4.79 Å². The van der Waals surface area contributed by atoms with Crippen molar-refractivity contribution in [2.24, 2.45) is 0 Å². The van der Waals surface area contributed by atoms with Crippen LogP contribution in [0.25, 0.3) is 0 Å². The molecule has 16 heavy (non-hydrogen) atoms. The fraction of sp³-hybridized carbons (Fsp3) is 0.778. The van der Waals surface area contributed by atoms with Gasteiger partial charge in [0.25, 0.3) is 5.97 Å². The van der Waals surface area contributed by atoms with E-state index >= 15 is 0 Å². The third-order valence-electron chi connectivity index (χ3n) is 0.827. The van der Waals surface area contributed by atoms with Crippen LogP contribution in [0.2, 0.25) is 0 Å². The fourth-order valence-electron chi connectivity index (χ4n) is 0.510. The molecule has 0 radical (unpaired) electrons. The summed E-state index contributed by atoms with van der Waals surface area (Å²) in [6, 6.07) is 1.75. The summed E-state index contributed by atoms with van der Waals surface area (Å²) in [5, 5.41) is 14.9. The van der Waals surface area contributed by atoms with Gasteiger partial charge >= 0.3 is 0 Å². The maximum Gasteiger partial charge on any atom is 0.300 e. The van der Waals surface area contributed by atoms with Crippen LogP contribution in [0.5, 0.6) is 0 Å². The molecule has 0 saturated carbocycles. The van der Waals surface area contributed by atoms with Gasteiger partial charge < -0.3 is 15.3 Å². The van der Waals surface area contributed by atoms with E-state index in [1.165, 1.54) is 19.8 Å². The molecular weight excluding hydrogens is 257 g/mol. The number of carboxylic acids is 1. The Kier molecular flexibility index (Phi) is 45.0. The first kappa shape index (κ1) is 24.6. The maximum atomic E-state index is 9.00. The van der Waals surface area contributed by atoms with Crippen molar-refractivity contribution in [3.8, 4) is 6.07 Å². The number of nitrogens with zero attached hydrogens (tertiary/aromatic N) is 1. The first-order chi connectivity index (χ1) is 7.06. The molecule has 7 heteroatoms. The summed E-state index contributed by atoms with van der Waals surface area (Å²) >= 11 is 9.53. The Morgan fingerprint density at radius 3 is 1.69 bits per heavy atom. The van der Waals surface area contributed by atoms with Crippen LogP contribution in [0.4, 0.5) is 0 Å². The average Bonchev–Trinajstić information content (AvgIpc) is 2.60. The number of aliphatic carboxylic acids is 1. The van der Waals surface area contributed by atoms with Crippen molar-refractivity contribution in [1.82, 2.24) is 0 Å². The number of hydrogen-bond donors (Lipinski definition) is 1. The molecule has 0 unspecified atom stereocenters. The smallest absolute Gasteiger partial charge is 0.300 e. The maximum absolute atomic E-state index is 9.00. The summed E-state index contributed by atoms with van der Waals surface area (Å²) in [6.45, 7) is 4.51. The average molecular weight is 276 g/mol. The van der Waals surface area contributed by atoms with Gasteiger partial charge in [0.2, 0.25) is 0 Å². The molecule has 0 atom stereocenters. The third kappa shape index (κ3) is 105. The van der Waals surface area contributed by atoms with Crippen LogP contribution in [0.1, 0.15) is 26.7 Å². The summed E-state index contributed by atoms with van der Waals surface area (Å²) < 4.78 is 4.94. The normalized spacial score (nSPS) is 10.7. The highest BCUT2D eigenvalue weighted by Gasteiger charge is 1.94. The lowest BCUT2D eigenvalue weighted by Crippen LogP contribution is -1.78. The molecule has 0 aliphatic carbocycles. The SMILES string of the molecule is C1CCOC1.CC#N.CC(=O)O.ClCCl.O. The van der Waals surface area contributed by atoms with E-state index in [0.29, 0.717) is 0 Å². The van der Waals surface area contributed by atoms with E-state index in [2.05, 4.69) is 0 Å². The van der Waals surface area contributed by atoms with Gasteiger partial charge in [0, 0.05) is 27.1 Å². The lowest BCUT2D eigenvalue weighted by atomic mass is 10.4. The van der Waals surface area contributed by atoms with E-state index in [1.54, 1.807) is 6.07 Å². The number of carbonyl (C=O) groups is 1. The number of halogens is 2. The predicted molar refractivity (Wildman–Crippen MR) is 64.8 cm³/mol. The van der Waals surface area contributed by atoms with Crippen molar-refractivity contribution in [2.45, 2.75) is 26.7 Å². The molecule has 0 aromatic heterocycles. The van der Waals surface area contributed by atoms with Crippen LogP contribution in [-0.4, -0.2) is 35.1 Å². The number of hydrogen-bond acceptors (Lipinski definition) is 3. The van der Waals surface area contributed by atoms with Gasteiger partial charge in [-0.2, -0.15) is 5.26 Å². The van der Waals surface area contributed by atoms with Crippen LogP contribution >= 0.6 is 23.2 Å². The van der Waals surface area contributed by atoms with Crippen molar-refractivity contribution in [3.63, 3.8) is 0 Å². The molecule has 1 fully saturated rings. The number of ether oxygens (including phenoxy) is 1. The largest absolute Gasteiger partial charge is 0.481 e. The van der Waals surface area contributed by atoms with E-state index in [0.717, 1.165) is 20.1 Å². The van der Waals surface area contributed by atoms with E-state index < -0.39 is 5.97 Å². The van der Waals surface area contributed by atoms with E-state index in [1.807, 2.05) is 0 Å². The van der Waals surface area contributed by atoms with Crippen LogP contribution in [0.3, 0.4) is 0 Å². The quantitative estimate of drug-likeness (QED) is 0.683. The molecule has 1 rings (SSSR count). The Morgan fingerprint density at radius 1 is 1.44 bits per heavy atom. The molecule has 0 amide bonds. The van der Waals surface area contributed by atoms with E-state index in [4.69, 9.17) is 43.1 Å². The van der Waals surface area contributed by atoms with Gasteiger partial charge in [0.15, 0.2) is 0 Å². The van der Waals surface area contributed by atoms with Gasteiger partial charge in [0.05, 0.1) is 11.4 Å². The number of nitriles is 1.